The lowest BCUT2D eigenvalue weighted by Gasteiger charge is -2.26. The molecule has 0 aliphatic carbocycles. The molecule has 0 aromatic heterocycles. The van der Waals surface area contributed by atoms with Crippen LogP contribution in [0, 0.1) is 0 Å². The SMILES string of the molecule is Cl.O=C(CC1Sc2ccc(Cl)cc2NC1=O)NC1CCCNC1. The molecule has 8 heteroatoms. The molecule has 23 heavy (non-hydrogen) atoms. The van der Waals surface area contributed by atoms with Gasteiger partial charge in [-0.15, -0.1) is 24.2 Å². The lowest BCUT2D eigenvalue weighted by atomic mass is 10.1. The first kappa shape index (κ1) is 18.4. The van der Waals surface area contributed by atoms with Crippen LogP contribution in [0.1, 0.15) is 19.3 Å². The Bertz CT molecular complexity index is 594. The van der Waals surface area contributed by atoms with Gasteiger partial charge in [0.05, 0.1) is 10.9 Å². The molecule has 2 unspecified atom stereocenters. The van der Waals surface area contributed by atoms with Gasteiger partial charge in [0.15, 0.2) is 0 Å². The molecule has 1 saturated heterocycles. The number of amides is 2. The van der Waals surface area contributed by atoms with Gasteiger partial charge in [-0.3, -0.25) is 9.59 Å². The molecule has 2 atom stereocenters. The fourth-order valence-corrected chi connectivity index (χ4v) is 3.95. The van der Waals surface area contributed by atoms with Crippen LogP contribution in [0.3, 0.4) is 0 Å². The van der Waals surface area contributed by atoms with Crippen LogP contribution in [0.25, 0.3) is 0 Å². The maximum absolute atomic E-state index is 12.1. The Morgan fingerprint density at radius 3 is 3.00 bits per heavy atom. The molecule has 2 heterocycles. The third kappa shape index (κ3) is 4.76. The fraction of sp³-hybridized carbons (Fsp3) is 0.467. The first-order valence-corrected chi connectivity index (χ1v) is 8.65. The van der Waals surface area contributed by atoms with Gasteiger partial charge >= 0.3 is 0 Å². The lowest BCUT2D eigenvalue weighted by molar-refractivity contribution is -0.124. The Labute approximate surface area is 150 Å². The zero-order chi connectivity index (χ0) is 15.5. The van der Waals surface area contributed by atoms with E-state index in [1.807, 2.05) is 6.07 Å². The van der Waals surface area contributed by atoms with Crippen molar-refractivity contribution in [1.82, 2.24) is 10.6 Å². The number of nitrogens with one attached hydrogen (secondary N) is 3. The summed E-state index contributed by atoms with van der Waals surface area (Å²) in [6, 6.07) is 5.56. The van der Waals surface area contributed by atoms with Crippen molar-refractivity contribution in [1.29, 1.82) is 0 Å². The first-order chi connectivity index (χ1) is 10.6. The summed E-state index contributed by atoms with van der Waals surface area (Å²) in [5.74, 6) is -0.213. The Hall–Kier alpha value is -0.950. The molecule has 5 nitrogen and oxygen atoms in total. The van der Waals surface area contributed by atoms with Gasteiger partial charge in [-0.05, 0) is 37.6 Å². The van der Waals surface area contributed by atoms with Crippen molar-refractivity contribution in [3.05, 3.63) is 23.2 Å². The number of thioether (sulfide) groups is 1. The summed E-state index contributed by atoms with van der Waals surface area (Å²) in [5.41, 5.74) is 0.718. The third-order valence-corrected chi connectivity index (χ3v) is 5.30. The summed E-state index contributed by atoms with van der Waals surface area (Å²) in [7, 11) is 0. The summed E-state index contributed by atoms with van der Waals surface area (Å²) in [6.45, 7) is 1.81. The smallest absolute Gasteiger partial charge is 0.238 e. The Balaban J connectivity index is 0.00000192. The molecular weight excluding hydrogens is 357 g/mol. The molecule has 2 amide bonds. The Morgan fingerprint density at radius 2 is 2.26 bits per heavy atom. The van der Waals surface area contributed by atoms with Gasteiger partial charge in [-0.2, -0.15) is 0 Å². The van der Waals surface area contributed by atoms with Crippen molar-refractivity contribution < 1.29 is 9.59 Å². The average molecular weight is 376 g/mol. The molecule has 3 N–H and O–H groups in total. The van der Waals surface area contributed by atoms with Crippen molar-refractivity contribution >= 4 is 53.3 Å². The van der Waals surface area contributed by atoms with E-state index in [1.54, 1.807) is 12.1 Å². The molecule has 0 radical (unpaired) electrons. The first-order valence-electron chi connectivity index (χ1n) is 7.39. The highest BCUT2D eigenvalue weighted by Gasteiger charge is 2.29. The molecule has 3 rings (SSSR count). The predicted octanol–water partition coefficient (Wildman–Crippen LogP) is 2.43. The molecule has 0 saturated carbocycles. The van der Waals surface area contributed by atoms with E-state index in [0.29, 0.717) is 5.02 Å². The summed E-state index contributed by atoms with van der Waals surface area (Å²) in [5, 5.41) is 9.27. The van der Waals surface area contributed by atoms with Gasteiger partial charge < -0.3 is 16.0 Å². The molecule has 2 aliphatic heterocycles. The third-order valence-electron chi connectivity index (χ3n) is 3.79. The van der Waals surface area contributed by atoms with Crippen LogP contribution in [-0.4, -0.2) is 36.2 Å². The second kappa shape index (κ2) is 8.24. The van der Waals surface area contributed by atoms with Gasteiger partial charge in [-0.25, -0.2) is 0 Å². The maximum Gasteiger partial charge on any atom is 0.238 e. The molecule has 1 aromatic rings. The van der Waals surface area contributed by atoms with Crippen molar-refractivity contribution in [2.75, 3.05) is 18.4 Å². The van der Waals surface area contributed by atoms with Crippen molar-refractivity contribution in [2.45, 2.75) is 35.4 Å². The van der Waals surface area contributed by atoms with Gasteiger partial charge in [0.1, 0.15) is 0 Å². The van der Waals surface area contributed by atoms with Crippen molar-refractivity contribution in [3.63, 3.8) is 0 Å². The minimum atomic E-state index is -0.398. The quantitative estimate of drug-likeness (QED) is 0.758. The van der Waals surface area contributed by atoms with Crippen LogP contribution in [-0.2, 0) is 9.59 Å². The summed E-state index contributed by atoms with van der Waals surface area (Å²) < 4.78 is 0. The molecule has 1 fully saturated rings. The maximum atomic E-state index is 12.1. The molecule has 126 valence electrons. The highest BCUT2D eigenvalue weighted by atomic mass is 35.5. The second-order valence-electron chi connectivity index (χ2n) is 5.55. The summed E-state index contributed by atoms with van der Waals surface area (Å²) in [4.78, 5) is 25.2. The number of fused-ring (bicyclic) bond motifs is 1. The van der Waals surface area contributed by atoms with Crippen LogP contribution in [0.2, 0.25) is 5.02 Å². The van der Waals surface area contributed by atoms with E-state index in [1.165, 1.54) is 11.8 Å². The number of rotatable bonds is 3. The summed E-state index contributed by atoms with van der Waals surface area (Å²) >= 11 is 7.34. The van der Waals surface area contributed by atoms with Gasteiger partial charge in [0.25, 0.3) is 0 Å². The topological polar surface area (TPSA) is 70.2 Å². The second-order valence-corrected chi connectivity index (χ2v) is 7.23. The number of piperidine rings is 1. The Morgan fingerprint density at radius 1 is 1.43 bits per heavy atom. The number of hydrogen-bond donors (Lipinski definition) is 3. The van der Waals surface area contributed by atoms with Crippen LogP contribution in [0.5, 0.6) is 0 Å². The zero-order valence-corrected chi connectivity index (χ0v) is 14.8. The normalized spacial score (nSPS) is 23.3. The standard InChI is InChI=1S/C15H18ClN3O2S.ClH/c16-9-3-4-12-11(6-9)19-15(21)13(22-12)7-14(20)18-10-2-1-5-17-8-10;/h3-4,6,10,13,17H,1-2,5,7-8H2,(H,18,20)(H,19,21);1H. The van der Waals surface area contributed by atoms with Gasteiger partial charge in [-0.1, -0.05) is 11.6 Å². The Kier molecular flexibility index (Phi) is 6.59. The number of anilines is 1. The molecule has 1 aromatic carbocycles. The number of carbonyl (C=O) groups excluding carboxylic acids is 2. The minimum absolute atomic E-state index is 0. The van der Waals surface area contributed by atoms with Crippen LogP contribution >= 0.6 is 35.8 Å². The molecule has 0 spiro atoms. The largest absolute Gasteiger partial charge is 0.352 e. The highest BCUT2D eigenvalue weighted by Crippen LogP contribution is 2.38. The van der Waals surface area contributed by atoms with E-state index in [4.69, 9.17) is 11.6 Å². The van der Waals surface area contributed by atoms with Gasteiger partial charge in [0, 0.05) is 28.9 Å². The minimum Gasteiger partial charge on any atom is -0.352 e. The van der Waals surface area contributed by atoms with E-state index >= 15 is 0 Å². The van der Waals surface area contributed by atoms with E-state index in [2.05, 4.69) is 16.0 Å². The monoisotopic (exact) mass is 375 g/mol. The van der Waals surface area contributed by atoms with Crippen LogP contribution in [0.4, 0.5) is 5.69 Å². The van der Waals surface area contributed by atoms with E-state index in [-0.39, 0.29) is 36.7 Å². The number of halogens is 2. The fourth-order valence-electron chi connectivity index (χ4n) is 2.69. The lowest BCUT2D eigenvalue weighted by Crippen LogP contribution is -2.46. The number of benzene rings is 1. The number of hydrogen-bond acceptors (Lipinski definition) is 4. The summed E-state index contributed by atoms with van der Waals surface area (Å²) in [6.07, 6.45) is 2.25. The highest BCUT2D eigenvalue weighted by molar-refractivity contribution is 8.01. The molecule has 2 aliphatic rings. The van der Waals surface area contributed by atoms with E-state index in [9.17, 15) is 9.59 Å². The predicted molar refractivity (Wildman–Crippen MR) is 95.6 cm³/mol. The van der Waals surface area contributed by atoms with Crippen molar-refractivity contribution in [3.8, 4) is 0 Å². The zero-order valence-electron chi connectivity index (χ0n) is 12.4. The van der Waals surface area contributed by atoms with Gasteiger partial charge in [0.2, 0.25) is 11.8 Å². The van der Waals surface area contributed by atoms with Crippen molar-refractivity contribution in [2.24, 2.45) is 0 Å². The van der Waals surface area contributed by atoms with Crippen LogP contribution in [0.15, 0.2) is 23.1 Å². The number of carbonyl (C=O) groups is 2. The molecular formula is C15H19Cl2N3O2S. The average Bonchev–Trinajstić information content (AvgIpc) is 2.49. The molecule has 0 bridgehead atoms. The van der Waals surface area contributed by atoms with E-state index in [0.717, 1.165) is 36.5 Å². The van der Waals surface area contributed by atoms with Crippen LogP contribution < -0.4 is 16.0 Å². The van der Waals surface area contributed by atoms with E-state index < -0.39 is 5.25 Å².